The predicted molar refractivity (Wildman–Crippen MR) is 282 cm³/mol. The van der Waals surface area contributed by atoms with Crippen LogP contribution in [0.3, 0.4) is 0 Å². The van der Waals surface area contributed by atoms with Gasteiger partial charge in [-0.3, -0.25) is 4.79 Å². The van der Waals surface area contributed by atoms with Gasteiger partial charge in [-0.05, 0) is 57.8 Å². The van der Waals surface area contributed by atoms with Crippen LogP contribution in [-0.4, -0.2) is 55.6 Å². The molecule has 0 aliphatic heterocycles. The van der Waals surface area contributed by atoms with Gasteiger partial charge in [0.1, 0.15) is 0 Å². The number of nitrogens with two attached hydrogens (primary N) is 1. The summed E-state index contributed by atoms with van der Waals surface area (Å²) in [6.45, 7) is 6.81. The Bertz CT molecular complexity index is 884. The van der Waals surface area contributed by atoms with E-state index in [1.807, 2.05) is 0 Å². The van der Waals surface area contributed by atoms with E-state index in [1.54, 1.807) is 0 Å². The minimum absolute atomic E-state index is 0. The molecular formula is C58H113CaNO5. The van der Waals surface area contributed by atoms with Crippen LogP contribution in [0.4, 0.5) is 0 Å². The Morgan fingerprint density at radius 3 is 0.646 bits per heavy atom. The molecule has 1 amide bonds. The van der Waals surface area contributed by atoms with Crippen LogP contribution in [0.25, 0.3) is 0 Å². The van der Waals surface area contributed by atoms with E-state index in [-0.39, 0.29) is 56.5 Å². The van der Waals surface area contributed by atoms with Crippen molar-refractivity contribution in [1.82, 2.24) is 0 Å². The second kappa shape index (κ2) is 67.7. The molecule has 0 aromatic rings. The molecule has 0 aromatic carbocycles. The van der Waals surface area contributed by atoms with Crippen LogP contribution in [0.5, 0.6) is 0 Å². The van der Waals surface area contributed by atoms with E-state index < -0.39 is 11.9 Å². The second-order valence-corrected chi connectivity index (χ2v) is 19.4. The number of hydrogen-bond donors (Lipinski definition) is 1. The van der Waals surface area contributed by atoms with E-state index in [4.69, 9.17) is 5.73 Å². The van der Waals surface area contributed by atoms with Gasteiger partial charge in [-0.1, -0.05) is 290 Å². The van der Waals surface area contributed by atoms with Crippen molar-refractivity contribution in [3.63, 3.8) is 0 Å². The number of rotatable bonds is 51. The van der Waals surface area contributed by atoms with Gasteiger partial charge in [-0.2, -0.15) is 0 Å². The van der Waals surface area contributed by atoms with Gasteiger partial charge in [0.15, 0.2) is 0 Å². The topological polar surface area (TPSA) is 123 Å². The Labute approximate surface area is 436 Å². The number of unbranched alkanes of at least 4 members (excludes halogenated alkanes) is 43. The first-order valence-corrected chi connectivity index (χ1v) is 28.6. The number of amides is 1. The molecule has 0 aliphatic rings. The standard InChI is InChI=1S/C22H43NO.2C18H36O2.Ca/c1-2-3-4-5-6-7-8-9-10-11-12-13-14-15-16-17-18-19-20-21-22(23)24;2*1-2-3-4-5-6-7-8-9-10-11-12-13-14-15-16-17-18(19)20;/h9-10H,2-8,11-21H2,1H3,(H2,23,24);2*2-17H2,1H3,(H,19,20);/q;;;+2/p-2. The molecule has 0 aromatic heterocycles. The van der Waals surface area contributed by atoms with Gasteiger partial charge in [0.2, 0.25) is 5.91 Å². The summed E-state index contributed by atoms with van der Waals surface area (Å²) in [7, 11) is 0. The maximum absolute atomic E-state index is 10.6. The fourth-order valence-corrected chi connectivity index (χ4v) is 8.36. The van der Waals surface area contributed by atoms with E-state index in [1.165, 1.54) is 263 Å². The van der Waals surface area contributed by atoms with Gasteiger partial charge in [-0.25, -0.2) is 0 Å². The van der Waals surface area contributed by atoms with Crippen LogP contribution >= 0.6 is 0 Å². The summed E-state index contributed by atoms with van der Waals surface area (Å²) in [6, 6.07) is 0. The van der Waals surface area contributed by atoms with Crippen molar-refractivity contribution in [3.05, 3.63) is 12.2 Å². The summed E-state index contributed by atoms with van der Waals surface area (Å²) in [6.07, 6.45) is 67.5. The summed E-state index contributed by atoms with van der Waals surface area (Å²) in [5.41, 5.74) is 5.13. The normalized spacial score (nSPS) is 10.9. The summed E-state index contributed by atoms with van der Waals surface area (Å²) in [4.78, 5) is 31.0. The van der Waals surface area contributed by atoms with Gasteiger partial charge in [0.05, 0.1) is 0 Å². The minimum Gasteiger partial charge on any atom is -0.550 e. The van der Waals surface area contributed by atoms with E-state index >= 15 is 0 Å². The molecule has 0 radical (unpaired) electrons. The molecule has 0 heterocycles. The number of aliphatic carboxylic acids is 2. The predicted octanol–water partition coefficient (Wildman–Crippen LogP) is 16.7. The molecule has 0 rings (SSSR count). The van der Waals surface area contributed by atoms with Gasteiger partial charge in [0, 0.05) is 18.4 Å². The number of carboxylic acid groups (broad SMARTS) is 2. The fraction of sp³-hybridized carbons (Fsp3) is 0.914. The second-order valence-electron chi connectivity index (χ2n) is 19.4. The molecule has 7 heteroatoms. The molecule has 0 saturated heterocycles. The number of allylic oxidation sites excluding steroid dienone is 2. The van der Waals surface area contributed by atoms with Gasteiger partial charge < -0.3 is 25.5 Å². The Balaban J connectivity index is -0.000000429. The molecule has 0 bridgehead atoms. The maximum Gasteiger partial charge on any atom is 2.00 e. The molecule has 0 aliphatic carbocycles. The zero-order chi connectivity index (χ0) is 47.5. The molecule has 0 fully saturated rings. The zero-order valence-electron chi connectivity index (χ0n) is 44.3. The number of carboxylic acids is 2. The Morgan fingerprint density at radius 1 is 0.292 bits per heavy atom. The third-order valence-corrected chi connectivity index (χ3v) is 12.7. The third-order valence-electron chi connectivity index (χ3n) is 12.7. The first-order valence-electron chi connectivity index (χ1n) is 28.6. The summed E-state index contributed by atoms with van der Waals surface area (Å²) in [5, 5.41) is 20.4. The molecule has 0 unspecified atom stereocenters. The van der Waals surface area contributed by atoms with Crippen molar-refractivity contribution in [2.24, 2.45) is 5.73 Å². The molecule has 6 nitrogen and oxygen atoms in total. The molecule has 0 spiro atoms. The monoisotopic (exact) mass is 944 g/mol. The molecular weight excluding hydrogens is 831 g/mol. The quantitative estimate of drug-likeness (QED) is 0.0370. The summed E-state index contributed by atoms with van der Waals surface area (Å²) >= 11 is 0. The molecule has 0 atom stereocenters. The maximum atomic E-state index is 10.6. The first kappa shape index (κ1) is 71.0. The van der Waals surface area contributed by atoms with Crippen LogP contribution in [0.15, 0.2) is 12.2 Å². The summed E-state index contributed by atoms with van der Waals surface area (Å²) in [5.74, 6) is -1.96. The minimum atomic E-state index is -0.903. The van der Waals surface area contributed by atoms with Crippen molar-refractivity contribution in [1.29, 1.82) is 0 Å². The van der Waals surface area contributed by atoms with E-state index in [9.17, 15) is 24.6 Å². The van der Waals surface area contributed by atoms with Crippen LogP contribution in [-0.2, 0) is 14.4 Å². The molecule has 382 valence electrons. The van der Waals surface area contributed by atoms with Crippen LogP contribution in [0, 0.1) is 0 Å². The number of carbonyl (C=O) groups is 3. The zero-order valence-corrected chi connectivity index (χ0v) is 46.5. The smallest absolute Gasteiger partial charge is 0.550 e. The van der Waals surface area contributed by atoms with Crippen molar-refractivity contribution < 1.29 is 24.6 Å². The third kappa shape index (κ3) is 80.8. The van der Waals surface area contributed by atoms with E-state index in [2.05, 4.69) is 32.9 Å². The van der Waals surface area contributed by atoms with Crippen LogP contribution in [0.1, 0.15) is 342 Å². The summed E-state index contributed by atoms with van der Waals surface area (Å²) < 4.78 is 0. The van der Waals surface area contributed by atoms with E-state index in [0.717, 1.165) is 38.5 Å². The Morgan fingerprint density at radius 2 is 0.462 bits per heavy atom. The number of hydrogen-bond acceptors (Lipinski definition) is 5. The van der Waals surface area contributed by atoms with Gasteiger partial charge in [-0.15, -0.1) is 0 Å². The van der Waals surface area contributed by atoms with Gasteiger partial charge in [0.25, 0.3) is 0 Å². The van der Waals surface area contributed by atoms with Crippen molar-refractivity contribution in [3.8, 4) is 0 Å². The van der Waals surface area contributed by atoms with Crippen molar-refractivity contribution in [2.45, 2.75) is 342 Å². The Hall–Kier alpha value is -0.590. The van der Waals surface area contributed by atoms with Crippen molar-refractivity contribution >= 4 is 55.6 Å². The SMILES string of the molecule is CCCCCCCCC=CCCCCCCCCCCCC(N)=O.CCCCCCCCCCCCCCCCCC(=O)[O-].CCCCCCCCCCCCCCCCCC(=O)[O-].[Ca+2]. The van der Waals surface area contributed by atoms with E-state index in [0.29, 0.717) is 6.42 Å². The van der Waals surface area contributed by atoms with Gasteiger partial charge >= 0.3 is 37.7 Å². The fourth-order valence-electron chi connectivity index (χ4n) is 8.36. The Kier molecular flexibility index (Phi) is 73.9. The molecule has 0 saturated carbocycles. The molecule has 2 N–H and O–H groups in total. The largest absolute Gasteiger partial charge is 2.00 e. The number of primary amides is 1. The average molecular weight is 945 g/mol. The molecule has 65 heavy (non-hydrogen) atoms. The van der Waals surface area contributed by atoms with Crippen LogP contribution < -0.4 is 15.9 Å². The van der Waals surface area contributed by atoms with Crippen LogP contribution in [0.2, 0.25) is 0 Å². The first-order chi connectivity index (χ1) is 31.3. The number of carbonyl (C=O) groups excluding carboxylic acids is 3. The van der Waals surface area contributed by atoms with Crippen molar-refractivity contribution in [2.75, 3.05) is 0 Å². The average Bonchev–Trinajstić information content (AvgIpc) is 3.27.